The maximum atomic E-state index is 5.16. The molecule has 0 radical (unpaired) electrons. The third-order valence-corrected chi connectivity index (χ3v) is 1.13. The highest BCUT2D eigenvalue weighted by atomic mass is 14.8. The molecule has 0 aliphatic heterocycles. The molecule has 8 N–H and O–H groups in total. The average molecular weight is 162 g/mol. The van der Waals surface area contributed by atoms with E-state index >= 15 is 0 Å². The van der Waals surface area contributed by atoms with Crippen molar-refractivity contribution in [3.8, 4) is 0 Å². The lowest BCUT2D eigenvalue weighted by Crippen LogP contribution is -2.28. The van der Waals surface area contributed by atoms with Gasteiger partial charge in [0.05, 0.1) is 6.17 Å². The van der Waals surface area contributed by atoms with Crippen LogP contribution in [0.5, 0.6) is 0 Å². The monoisotopic (exact) mass is 162 g/mol. The minimum absolute atomic E-state index is 0.116. The standard InChI is InChI=1S/C4H12N2.C3H10N2/c5-3-1-2-4-6;1-2-3(4)5/h1-6H2;3H,2,4-5H2,1H3. The van der Waals surface area contributed by atoms with Gasteiger partial charge in [0.25, 0.3) is 0 Å². The van der Waals surface area contributed by atoms with Crippen molar-refractivity contribution in [2.45, 2.75) is 32.4 Å². The Morgan fingerprint density at radius 1 is 1.00 bits per heavy atom. The van der Waals surface area contributed by atoms with Crippen LogP contribution in [-0.4, -0.2) is 19.3 Å². The van der Waals surface area contributed by atoms with Gasteiger partial charge in [0.15, 0.2) is 0 Å². The molecule has 0 spiro atoms. The molecule has 0 bridgehead atoms. The second kappa shape index (κ2) is 12.5. The van der Waals surface area contributed by atoms with E-state index in [1.807, 2.05) is 6.92 Å². The summed E-state index contributed by atoms with van der Waals surface area (Å²) in [5.74, 6) is 0. The molecule has 0 aromatic heterocycles. The van der Waals surface area contributed by atoms with Crippen LogP contribution in [0.2, 0.25) is 0 Å². The Morgan fingerprint density at radius 3 is 1.36 bits per heavy atom. The lowest BCUT2D eigenvalue weighted by atomic mass is 10.3. The largest absolute Gasteiger partial charge is 0.330 e. The van der Waals surface area contributed by atoms with Gasteiger partial charge in [-0.2, -0.15) is 0 Å². The fourth-order valence-corrected chi connectivity index (χ4v) is 0.289. The molecule has 0 saturated carbocycles. The predicted octanol–water partition coefficient (Wildman–Crippen LogP) is -0.676. The summed E-state index contributed by atoms with van der Waals surface area (Å²) in [5.41, 5.74) is 20.5. The van der Waals surface area contributed by atoms with Gasteiger partial charge >= 0.3 is 0 Å². The third-order valence-electron chi connectivity index (χ3n) is 1.13. The highest BCUT2D eigenvalue weighted by Crippen LogP contribution is 1.77. The van der Waals surface area contributed by atoms with Crippen molar-refractivity contribution in [2.24, 2.45) is 22.9 Å². The van der Waals surface area contributed by atoms with E-state index in [1.165, 1.54) is 0 Å². The van der Waals surface area contributed by atoms with Crippen LogP contribution in [0.25, 0.3) is 0 Å². The molecule has 0 heterocycles. The van der Waals surface area contributed by atoms with Crippen molar-refractivity contribution < 1.29 is 0 Å². The van der Waals surface area contributed by atoms with Crippen LogP contribution in [0, 0.1) is 0 Å². The molecule has 0 aliphatic carbocycles. The van der Waals surface area contributed by atoms with E-state index in [4.69, 9.17) is 22.9 Å². The molecule has 4 nitrogen and oxygen atoms in total. The number of unbranched alkanes of at least 4 members (excludes halogenated alkanes) is 1. The first kappa shape index (κ1) is 13.4. The molecule has 0 aromatic carbocycles. The Bertz CT molecular complexity index is 52.4. The van der Waals surface area contributed by atoms with Crippen LogP contribution in [0.1, 0.15) is 26.2 Å². The van der Waals surface area contributed by atoms with Gasteiger partial charge in [0.1, 0.15) is 0 Å². The maximum absolute atomic E-state index is 5.16. The van der Waals surface area contributed by atoms with Crippen molar-refractivity contribution in [3.05, 3.63) is 0 Å². The van der Waals surface area contributed by atoms with E-state index < -0.39 is 0 Å². The van der Waals surface area contributed by atoms with E-state index in [-0.39, 0.29) is 6.17 Å². The zero-order valence-electron chi connectivity index (χ0n) is 7.42. The highest BCUT2D eigenvalue weighted by Gasteiger charge is 1.79. The Balaban J connectivity index is 0. The number of nitrogens with two attached hydrogens (primary N) is 4. The van der Waals surface area contributed by atoms with Gasteiger partial charge in [-0.15, -0.1) is 0 Å². The van der Waals surface area contributed by atoms with Crippen LogP contribution in [-0.2, 0) is 0 Å². The van der Waals surface area contributed by atoms with Crippen molar-refractivity contribution in [2.75, 3.05) is 13.1 Å². The van der Waals surface area contributed by atoms with Gasteiger partial charge in [-0.05, 0) is 32.4 Å². The molecule has 0 amide bonds. The van der Waals surface area contributed by atoms with Gasteiger partial charge in [-0.1, -0.05) is 6.92 Å². The first-order chi connectivity index (χ1) is 5.18. The summed E-state index contributed by atoms with van der Waals surface area (Å²) in [6, 6.07) is 0. The van der Waals surface area contributed by atoms with Gasteiger partial charge < -0.3 is 22.9 Å². The van der Waals surface area contributed by atoms with E-state index in [0.29, 0.717) is 0 Å². The maximum Gasteiger partial charge on any atom is 0.0518 e. The number of hydrogen-bond acceptors (Lipinski definition) is 4. The number of hydrogen-bond donors (Lipinski definition) is 4. The summed E-state index contributed by atoms with van der Waals surface area (Å²) in [4.78, 5) is 0. The summed E-state index contributed by atoms with van der Waals surface area (Å²) < 4.78 is 0. The zero-order chi connectivity index (χ0) is 9.11. The van der Waals surface area contributed by atoms with E-state index in [0.717, 1.165) is 32.4 Å². The topological polar surface area (TPSA) is 104 Å². The van der Waals surface area contributed by atoms with Gasteiger partial charge in [-0.25, -0.2) is 0 Å². The third kappa shape index (κ3) is 25.8. The normalized spacial score (nSPS) is 9.27. The molecule has 0 rings (SSSR count). The van der Waals surface area contributed by atoms with E-state index in [2.05, 4.69) is 0 Å². The van der Waals surface area contributed by atoms with Crippen LogP contribution >= 0.6 is 0 Å². The molecule has 0 saturated heterocycles. The summed E-state index contributed by atoms with van der Waals surface area (Å²) in [6.45, 7) is 3.50. The van der Waals surface area contributed by atoms with Crippen LogP contribution in [0.3, 0.4) is 0 Å². The highest BCUT2D eigenvalue weighted by molar-refractivity contribution is 4.40. The smallest absolute Gasteiger partial charge is 0.0518 e. The second-order valence-corrected chi connectivity index (χ2v) is 2.36. The molecule has 0 fully saturated rings. The quantitative estimate of drug-likeness (QED) is 0.325. The van der Waals surface area contributed by atoms with Crippen molar-refractivity contribution in [3.63, 3.8) is 0 Å². The van der Waals surface area contributed by atoms with Crippen molar-refractivity contribution in [1.29, 1.82) is 0 Å². The Labute approximate surface area is 69.3 Å². The van der Waals surface area contributed by atoms with Crippen molar-refractivity contribution >= 4 is 0 Å². The Morgan fingerprint density at radius 2 is 1.27 bits per heavy atom. The first-order valence-electron chi connectivity index (χ1n) is 4.10. The predicted molar refractivity (Wildman–Crippen MR) is 49.8 cm³/mol. The van der Waals surface area contributed by atoms with Crippen LogP contribution in [0.4, 0.5) is 0 Å². The molecule has 0 unspecified atom stereocenters. The van der Waals surface area contributed by atoms with Gasteiger partial charge in [0, 0.05) is 0 Å². The molecule has 4 heteroatoms. The lowest BCUT2D eigenvalue weighted by molar-refractivity contribution is 0.682. The van der Waals surface area contributed by atoms with E-state index in [9.17, 15) is 0 Å². The fourth-order valence-electron chi connectivity index (χ4n) is 0.289. The van der Waals surface area contributed by atoms with Crippen molar-refractivity contribution in [1.82, 2.24) is 0 Å². The second-order valence-electron chi connectivity index (χ2n) is 2.36. The summed E-state index contributed by atoms with van der Waals surface area (Å²) in [5, 5.41) is 0. The molecule has 0 aromatic rings. The number of rotatable bonds is 4. The van der Waals surface area contributed by atoms with E-state index in [1.54, 1.807) is 0 Å². The Hall–Kier alpha value is -0.160. The minimum Gasteiger partial charge on any atom is -0.330 e. The summed E-state index contributed by atoms with van der Waals surface area (Å²) in [7, 11) is 0. The molecule has 0 atom stereocenters. The average Bonchev–Trinajstić information content (AvgIpc) is 2.02. The fraction of sp³-hybridized carbons (Fsp3) is 1.00. The minimum atomic E-state index is -0.116. The zero-order valence-corrected chi connectivity index (χ0v) is 7.42. The SMILES string of the molecule is CCC(N)N.NCCCCN. The molecular formula is C7H22N4. The molecular weight excluding hydrogens is 140 g/mol. The Kier molecular flexibility index (Phi) is 15.3. The van der Waals surface area contributed by atoms with Crippen LogP contribution < -0.4 is 22.9 Å². The molecule has 70 valence electrons. The summed E-state index contributed by atoms with van der Waals surface area (Å²) in [6.07, 6.45) is 2.88. The first-order valence-corrected chi connectivity index (χ1v) is 4.10. The lowest BCUT2D eigenvalue weighted by Gasteiger charge is -1.92. The molecule has 0 aliphatic rings. The molecule has 11 heavy (non-hydrogen) atoms. The van der Waals surface area contributed by atoms with Crippen LogP contribution in [0.15, 0.2) is 0 Å². The van der Waals surface area contributed by atoms with Gasteiger partial charge in [-0.3, -0.25) is 0 Å². The van der Waals surface area contributed by atoms with Gasteiger partial charge in [0.2, 0.25) is 0 Å². The summed E-state index contributed by atoms with van der Waals surface area (Å²) >= 11 is 0.